The molecule has 1 aromatic carbocycles. The van der Waals surface area contributed by atoms with Gasteiger partial charge >= 0.3 is 0 Å². The molecule has 0 saturated heterocycles. The Morgan fingerprint density at radius 3 is 2.81 bits per heavy atom. The third-order valence-corrected chi connectivity index (χ3v) is 3.70. The Morgan fingerprint density at radius 1 is 1.33 bits per heavy atom. The molecule has 0 aromatic heterocycles. The van der Waals surface area contributed by atoms with Crippen molar-refractivity contribution >= 4 is 11.4 Å². The zero-order chi connectivity index (χ0) is 15.2. The van der Waals surface area contributed by atoms with Gasteiger partial charge < -0.3 is 5.73 Å². The number of hydrogen-bond acceptors (Lipinski definition) is 3. The van der Waals surface area contributed by atoms with E-state index < -0.39 is 0 Å². The first-order valence-corrected chi connectivity index (χ1v) is 7.63. The molecule has 1 aliphatic carbocycles. The fraction of sp³-hybridized carbons (Fsp3) is 0.444. The van der Waals surface area contributed by atoms with E-state index in [1.54, 1.807) is 0 Å². The molecule has 3 heteroatoms. The second-order valence-corrected chi connectivity index (χ2v) is 5.80. The molecule has 0 heterocycles. The third kappa shape index (κ3) is 3.95. The second kappa shape index (κ2) is 7.08. The van der Waals surface area contributed by atoms with Crippen molar-refractivity contribution in [3.63, 3.8) is 0 Å². The molecule has 1 saturated carbocycles. The van der Waals surface area contributed by atoms with Crippen molar-refractivity contribution in [3.05, 3.63) is 41.0 Å². The number of benzene rings is 1. The van der Waals surface area contributed by atoms with Crippen molar-refractivity contribution in [3.8, 4) is 6.07 Å². The summed E-state index contributed by atoms with van der Waals surface area (Å²) in [6, 6.07) is 10.5. The molecule has 1 aliphatic rings. The molecular formula is C18H23N3. The van der Waals surface area contributed by atoms with Crippen molar-refractivity contribution in [2.75, 3.05) is 0 Å². The molecule has 0 atom stereocenters. The number of rotatable bonds is 3. The first kappa shape index (κ1) is 15.3. The topological polar surface area (TPSA) is 62.2 Å². The van der Waals surface area contributed by atoms with Gasteiger partial charge in [0.25, 0.3) is 0 Å². The molecule has 0 bridgehead atoms. The molecule has 0 radical (unpaired) electrons. The Balaban J connectivity index is 2.40. The van der Waals surface area contributed by atoms with Gasteiger partial charge in [-0.25, -0.2) is 0 Å². The quantitative estimate of drug-likeness (QED) is 0.914. The molecule has 0 aliphatic heterocycles. The number of nitriles is 1. The van der Waals surface area contributed by atoms with E-state index in [1.165, 1.54) is 24.1 Å². The molecule has 21 heavy (non-hydrogen) atoms. The SMILES string of the molecule is CC(C)N=C1CCCC/C1=C(/N)c1cccc(CC#N)c1. The number of nitrogens with two attached hydrogens (primary N) is 1. The molecular weight excluding hydrogens is 258 g/mol. The first-order chi connectivity index (χ1) is 10.1. The van der Waals surface area contributed by atoms with Crippen LogP contribution in [0.5, 0.6) is 0 Å². The van der Waals surface area contributed by atoms with E-state index in [0.717, 1.165) is 29.7 Å². The van der Waals surface area contributed by atoms with Gasteiger partial charge in [0, 0.05) is 17.5 Å². The minimum atomic E-state index is 0.297. The lowest BCUT2D eigenvalue weighted by Gasteiger charge is -2.21. The van der Waals surface area contributed by atoms with Gasteiger partial charge in [-0.15, -0.1) is 0 Å². The summed E-state index contributed by atoms with van der Waals surface area (Å²) in [6.07, 6.45) is 4.80. The lowest BCUT2D eigenvalue weighted by atomic mass is 9.89. The van der Waals surface area contributed by atoms with Crippen LogP contribution in [-0.4, -0.2) is 11.8 Å². The fourth-order valence-electron chi connectivity index (χ4n) is 2.75. The Morgan fingerprint density at radius 2 is 2.10 bits per heavy atom. The average molecular weight is 281 g/mol. The molecule has 0 amide bonds. The van der Waals surface area contributed by atoms with E-state index in [4.69, 9.17) is 16.0 Å². The van der Waals surface area contributed by atoms with Gasteiger partial charge in [0.05, 0.1) is 12.5 Å². The minimum absolute atomic E-state index is 0.297. The smallest absolute Gasteiger partial charge is 0.0669 e. The van der Waals surface area contributed by atoms with Crippen molar-refractivity contribution in [1.29, 1.82) is 5.26 Å². The lowest BCUT2D eigenvalue weighted by Crippen LogP contribution is -2.16. The molecule has 0 spiro atoms. The average Bonchev–Trinajstić information content (AvgIpc) is 2.47. The van der Waals surface area contributed by atoms with E-state index >= 15 is 0 Å². The van der Waals surface area contributed by atoms with Gasteiger partial charge in [-0.3, -0.25) is 4.99 Å². The van der Waals surface area contributed by atoms with Gasteiger partial charge in [0.1, 0.15) is 0 Å². The standard InChI is InChI=1S/C18H23N3/c1-13(2)21-17-9-4-3-8-16(17)18(20)15-7-5-6-14(12-15)10-11-19/h5-7,12-13H,3-4,8-10,20H2,1-2H3/b18-16-,21-17?. The minimum Gasteiger partial charge on any atom is -0.398 e. The van der Waals surface area contributed by atoms with E-state index in [9.17, 15) is 0 Å². The first-order valence-electron chi connectivity index (χ1n) is 7.63. The van der Waals surface area contributed by atoms with Gasteiger partial charge in [-0.05, 0) is 62.3 Å². The van der Waals surface area contributed by atoms with Gasteiger partial charge in [0.15, 0.2) is 0 Å². The number of aliphatic imine (C=N–C) groups is 1. The van der Waals surface area contributed by atoms with E-state index in [-0.39, 0.29) is 0 Å². The monoisotopic (exact) mass is 281 g/mol. The van der Waals surface area contributed by atoms with Crippen molar-refractivity contribution in [1.82, 2.24) is 0 Å². The summed E-state index contributed by atoms with van der Waals surface area (Å²) >= 11 is 0. The highest BCUT2D eigenvalue weighted by Crippen LogP contribution is 2.27. The van der Waals surface area contributed by atoms with Gasteiger partial charge in [-0.1, -0.05) is 18.2 Å². The molecule has 2 N–H and O–H groups in total. The maximum absolute atomic E-state index is 8.83. The van der Waals surface area contributed by atoms with Gasteiger partial charge in [-0.2, -0.15) is 5.26 Å². The zero-order valence-electron chi connectivity index (χ0n) is 12.9. The summed E-state index contributed by atoms with van der Waals surface area (Å²) in [4.78, 5) is 4.75. The van der Waals surface area contributed by atoms with Crippen molar-refractivity contribution in [2.24, 2.45) is 10.7 Å². The summed E-state index contributed by atoms with van der Waals surface area (Å²) in [7, 11) is 0. The molecule has 1 aromatic rings. The highest BCUT2D eigenvalue weighted by molar-refractivity contribution is 6.06. The Labute approximate surface area is 127 Å². The van der Waals surface area contributed by atoms with E-state index in [1.807, 2.05) is 24.3 Å². The van der Waals surface area contributed by atoms with Crippen LogP contribution in [0.25, 0.3) is 5.70 Å². The van der Waals surface area contributed by atoms with Crippen LogP contribution in [0, 0.1) is 11.3 Å². The van der Waals surface area contributed by atoms with Crippen LogP contribution in [-0.2, 0) is 6.42 Å². The Hall–Kier alpha value is -2.08. The molecule has 110 valence electrons. The zero-order valence-corrected chi connectivity index (χ0v) is 12.9. The fourth-order valence-corrected chi connectivity index (χ4v) is 2.75. The Bertz CT molecular complexity index is 603. The summed E-state index contributed by atoms with van der Waals surface area (Å²) in [6.45, 7) is 4.20. The number of hydrogen-bond donors (Lipinski definition) is 1. The predicted molar refractivity (Wildman–Crippen MR) is 87.9 cm³/mol. The predicted octanol–water partition coefficient (Wildman–Crippen LogP) is 3.85. The summed E-state index contributed by atoms with van der Waals surface area (Å²) in [5.41, 5.74) is 11.6. The number of allylic oxidation sites excluding steroid dienone is 1. The highest BCUT2D eigenvalue weighted by atomic mass is 14.8. The molecule has 0 unspecified atom stereocenters. The lowest BCUT2D eigenvalue weighted by molar-refractivity contribution is 0.720. The summed E-state index contributed by atoms with van der Waals surface area (Å²) in [5, 5.41) is 8.83. The van der Waals surface area contributed by atoms with Crippen LogP contribution in [0.4, 0.5) is 0 Å². The third-order valence-electron chi connectivity index (χ3n) is 3.70. The van der Waals surface area contributed by atoms with Crippen molar-refractivity contribution < 1.29 is 0 Å². The van der Waals surface area contributed by atoms with Crippen LogP contribution < -0.4 is 5.73 Å². The number of nitrogens with zero attached hydrogens (tertiary/aromatic N) is 2. The van der Waals surface area contributed by atoms with Crippen LogP contribution in [0.2, 0.25) is 0 Å². The molecule has 2 rings (SSSR count). The van der Waals surface area contributed by atoms with Crippen LogP contribution in [0.3, 0.4) is 0 Å². The van der Waals surface area contributed by atoms with Crippen LogP contribution in [0.15, 0.2) is 34.8 Å². The molecule has 1 fully saturated rings. The van der Waals surface area contributed by atoms with Crippen LogP contribution >= 0.6 is 0 Å². The van der Waals surface area contributed by atoms with E-state index in [0.29, 0.717) is 12.5 Å². The maximum Gasteiger partial charge on any atom is 0.0669 e. The second-order valence-electron chi connectivity index (χ2n) is 5.80. The highest BCUT2D eigenvalue weighted by Gasteiger charge is 2.17. The summed E-state index contributed by atoms with van der Waals surface area (Å²) in [5.74, 6) is 0. The van der Waals surface area contributed by atoms with Crippen molar-refractivity contribution in [2.45, 2.75) is 52.0 Å². The maximum atomic E-state index is 8.83. The normalized spacial score (nSPS) is 19.6. The summed E-state index contributed by atoms with van der Waals surface area (Å²) < 4.78 is 0. The van der Waals surface area contributed by atoms with E-state index in [2.05, 4.69) is 19.9 Å². The molecule has 3 nitrogen and oxygen atoms in total. The van der Waals surface area contributed by atoms with Crippen LogP contribution in [0.1, 0.15) is 50.7 Å². The Kier molecular flexibility index (Phi) is 5.16. The largest absolute Gasteiger partial charge is 0.398 e. The van der Waals surface area contributed by atoms with Gasteiger partial charge in [0.2, 0.25) is 0 Å².